The second-order valence-electron chi connectivity index (χ2n) is 3.56. The maximum absolute atomic E-state index is 12.1. The second-order valence-corrected chi connectivity index (χ2v) is 7.05. The van der Waals surface area contributed by atoms with Gasteiger partial charge in [-0.2, -0.15) is 13.2 Å². The smallest absolute Gasteiger partial charge is 0.285 e. The van der Waals surface area contributed by atoms with Crippen LogP contribution in [0.4, 0.5) is 13.2 Å². The highest BCUT2D eigenvalue weighted by molar-refractivity contribution is 8.02. The molecule has 0 N–H and O–H groups in total. The van der Waals surface area contributed by atoms with Gasteiger partial charge in [0.15, 0.2) is 0 Å². The van der Waals surface area contributed by atoms with Crippen LogP contribution >= 0.6 is 0 Å². The zero-order valence-electron chi connectivity index (χ0n) is 6.90. The number of hydrogen-bond acceptors (Lipinski definition) is 1. The van der Waals surface area contributed by atoms with Gasteiger partial charge in [0.05, 0.1) is 5.92 Å². The second kappa shape index (κ2) is 3.01. The average Bonchev–Trinajstić information content (AvgIpc) is 1.83. The third-order valence-electron chi connectivity index (χ3n) is 2.36. The number of rotatable bonds is 0. The predicted octanol–water partition coefficient (Wildman–Crippen LogP) is 1.61. The lowest BCUT2D eigenvalue weighted by molar-refractivity contribution is -0.176. The van der Waals surface area contributed by atoms with Crippen molar-refractivity contribution in [1.82, 2.24) is 0 Å². The Hall–Kier alpha value is -0.0600. The van der Waals surface area contributed by atoms with Gasteiger partial charge in [0.1, 0.15) is 0 Å². The first-order chi connectivity index (χ1) is 5.31. The van der Waals surface area contributed by atoms with Crippen LogP contribution in [0.1, 0.15) is 12.8 Å². The molecule has 5 heteroatoms. The number of alkyl halides is 3. The van der Waals surface area contributed by atoms with Gasteiger partial charge in [0.25, 0.3) is 0 Å². The molecule has 1 aliphatic heterocycles. The standard InChI is InChI=1S/C7H13F3OS/c1-12(11)4-2-6(3-5-12)7(8,9)10/h6,12H,2-5H2,1H3. The summed E-state index contributed by atoms with van der Waals surface area (Å²) < 4.78 is 47.6. The summed E-state index contributed by atoms with van der Waals surface area (Å²) in [6.45, 7) is 0. The first-order valence-electron chi connectivity index (χ1n) is 3.93. The molecule has 1 heterocycles. The molecule has 0 spiro atoms. The van der Waals surface area contributed by atoms with Crippen molar-refractivity contribution in [3.05, 3.63) is 0 Å². The highest BCUT2D eigenvalue weighted by Gasteiger charge is 2.41. The Labute approximate surface area is 70.8 Å². The number of hydrogen-bond donors (Lipinski definition) is 1. The van der Waals surface area contributed by atoms with Crippen LogP contribution in [-0.4, -0.2) is 28.1 Å². The highest BCUT2D eigenvalue weighted by Crippen LogP contribution is 2.35. The van der Waals surface area contributed by atoms with Gasteiger partial charge >= 0.3 is 6.18 Å². The molecule has 0 amide bonds. The SMILES string of the molecule is C[SH]1(=O)CCC(C(F)(F)F)CC1. The number of halogens is 3. The molecule has 1 fully saturated rings. The minimum absolute atomic E-state index is 0.0529. The molecule has 0 unspecified atom stereocenters. The fraction of sp³-hybridized carbons (Fsp3) is 1.00. The topological polar surface area (TPSA) is 17.1 Å². The van der Waals surface area contributed by atoms with Gasteiger partial charge in [-0.3, -0.25) is 4.21 Å². The molecular weight excluding hydrogens is 189 g/mol. The van der Waals surface area contributed by atoms with E-state index in [-0.39, 0.29) is 24.3 Å². The van der Waals surface area contributed by atoms with E-state index >= 15 is 0 Å². The maximum Gasteiger partial charge on any atom is 0.391 e. The molecule has 0 saturated carbocycles. The molecule has 0 aromatic rings. The summed E-state index contributed by atoms with van der Waals surface area (Å²) in [4.78, 5) is 0. The summed E-state index contributed by atoms with van der Waals surface area (Å²) in [6.07, 6.45) is -2.38. The summed E-state index contributed by atoms with van der Waals surface area (Å²) >= 11 is 0. The maximum atomic E-state index is 12.1. The lowest BCUT2D eigenvalue weighted by atomic mass is 10.0. The van der Waals surface area contributed by atoms with E-state index in [2.05, 4.69) is 0 Å². The summed E-state index contributed by atoms with van der Waals surface area (Å²) in [5, 5.41) is 0. The molecule has 1 rings (SSSR count). The van der Waals surface area contributed by atoms with Gasteiger partial charge in [-0.15, -0.1) is 9.93 Å². The fourth-order valence-electron chi connectivity index (χ4n) is 1.44. The van der Waals surface area contributed by atoms with E-state index < -0.39 is 22.0 Å². The highest BCUT2D eigenvalue weighted by atomic mass is 32.2. The molecule has 0 aliphatic carbocycles. The Morgan fingerprint density at radius 2 is 1.67 bits per heavy atom. The molecule has 0 radical (unpaired) electrons. The van der Waals surface area contributed by atoms with Gasteiger partial charge in [0, 0.05) is 11.5 Å². The van der Waals surface area contributed by atoms with E-state index in [1.54, 1.807) is 6.26 Å². The lowest BCUT2D eigenvalue weighted by Gasteiger charge is -2.30. The number of thiol groups is 1. The van der Waals surface area contributed by atoms with Crippen molar-refractivity contribution in [3.63, 3.8) is 0 Å². The van der Waals surface area contributed by atoms with Crippen LogP contribution < -0.4 is 0 Å². The van der Waals surface area contributed by atoms with Gasteiger partial charge in [0.2, 0.25) is 0 Å². The summed E-state index contributed by atoms with van der Waals surface area (Å²) in [5.74, 6) is -0.687. The van der Waals surface area contributed by atoms with Crippen LogP contribution in [0.15, 0.2) is 0 Å². The van der Waals surface area contributed by atoms with E-state index in [0.717, 1.165) is 0 Å². The van der Waals surface area contributed by atoms with Crippen molar-refractivity contribution >= 4 is 9.93 Å². The van der Waals surface area contributed by atoms with E-state index in [1.165, 1.54) is 0 Å². The molecule has 74 valence electrons. The van der Waals surface area contributed by atoms with Gasteiger partial charge in [-0.05, 0) is 19.1 Å². The van der Waals surface area contributed by atoms with Crippen LogP contribution in [0.3, 0.4) is 0 Å². The van der Waals surface area contributed by atoms with Crippen molar-refractivity contribution in [2.75, 3.05) is 17.8 Å². The Kier molecular flexibility index (Phi) is 2.52. The van der Waals surface area contributed by atoms with E-state index in [0.29, 0.717) is 0 Å². The molecule has 0 aromatic heterocycles. The van der Waals surface area contributed by atoms with E-state index in [4.69, 9.17) is 0 Å². The van der Waals surface area contributed by atoms with Crippen molar-refractivity contribution in [1.29, 1.82) is 0 Å². The Balaban J connectivity index is 2.53. The van der Waals surface area contributed by atoms with Crippen molar-refractivity contribution in [2.45, 2.75) is 19.0 Å². The first-order valence-corrected chi connectivity index (χ1v) is 6.46. The summed E-state index contributed by atoms with van der Waals surface area (Å²) in [5.41, 5.74) is 0. The van der Waals surface area contributed by atoms with Crippen LogP contribution in [0.25, 0.3) is 0 Å². The predicted molar refractivity (Wildman–Crippen MR) is 44.0 cm³/mol. The monoisotopic (exact) mass is 202 g/mol. The first kappa shape index (κ1) is 10.0. The van der Waals surface area contributed by atoms with Crippen molar-refractivity contribution in [2.24, 2.45) is 5.92 Å². The zero-order chi connectivity index (χ0) is 9.41. The van der Waals surface area contributed by atoms with Crippen LogP contribution in [-0.2, 0) is 9.93 Å². The van der Waals surface area contributed by atoms with Crippen LogP contribution in [0.5, 0.6) is 0 Å². The van der Waals surface area contributed by atoms with Gasteiger partial charge < -0.3 is 0 Å². The van der Waals surface area contributed by atoms with Gasteiger partial charge in [-0.25, -0.2) is 0 Å². The Morgan fingerprint density at radius 3 is 2.00 bits per heavy atom. The molecular formula is C7H13F3OS. The minimum atomic E-state index is -4.08. The Morgan fingerprint density at radius 1 is 1.25 bits per heavy atom. The largest absolute Gasteiger partial charge is 0.391 e. The lowest BCUT2D eigenvalue weighted by Crippen LogP contribution is -2.35. The Bertz CT molecular complexity index is 199. The zero-order valence-corrected chi connectivity index (χ0v) is 7.79. The van der Waals surface area contributed by atoms with Gasteiger partial charge in [-0.1, -0.05) is 0 Å². The van der Waals surface area contributed by atoms with Crippen molar-refractivity contribution in [3.8, 4) is 0 Å². The molecule has 0 atom stereocenters. The van der Waals surface area contributed by atoms with Crippen molar-refractivity contribution < 1.29 is 17.4 Å². The summed E-state index contributed by atoms with van der Waals surface area (Å²) in [7, 11) is -2.19. The van der Waals surface area contributed by atoms with Crippen LogP contribution in [0, 0.1) is 5.92 Å². The molecule has 12 heavy (non-hydrogen) atoms. The fourth-order valence-corrected chi connectivity index (χ4v) is 3.38. The summed E-state index contributed by atoms with van der Waals surface area (Å²) in [6, 6.07) is 0. The van der Waals surface area contributed by atoms with E-state index in [1.807, 2.05) is 0 Å². The molecule has 0 aromatic carbocycles. The third kappa shape index (κ3) is 2.47. The van der Waals surface area contributed by atoms with Crippen LogP contribution in [0.2, 0.25) is 0 Å². The molecule has 0 bridgehead atoms. The van der Waals surface area contributed by atoms with E-state index in [9.17, 15) is 17.4 Å². The quantitative estimate of drug-likeness (QED) is 0.590. The normalized spacial score (nSPS) is 32.8. The molecule has 1 aliphatic rings. The third-order valence-corrected chi connectivity index (χ3v) is 4.77. The minimum Gasteiger partial charge on any atom is -0.285 e. The molecule has 1 nitrogen and oxygen atoms in total. The molecule has 1 saturated heterocycles. The average molecular weight is 202 g/mol.